The Kier molecular flexibility index (Phi) is 7.11. The van der Waals surface area contributed by atoms with E-state index >= 15 is 0 Å². The highest BCUT2D eigenvalue weighted by atomic mass is 35.5. The monoisotopic (exact) mass is 523 g/mol. The van der Waals surface area contributed by atoms with Gasteiger partial charge >= 0.3 is 6.18 Å². The van der Waals surface area contributed by atoms with Crippen molar-refractivity contribution in [1.29, 1.82) is 0 Å². The van der Waals surface area contributed by atoms with E-state index in [4.69, 9.17) is 11.6 Å². The van der Waals surface area contributed by atoms with Crippen molar-refractivity contribution in [1.82, 2.24) is 15.5 Å². The minimum atomic E-state index is -4.49. The van der Waals surface area contributed by atoms with Crippen molar-refractivity contribution in [2.75, 3.05) is 26.2 Å². The SMILES string of the molecule is O=C(NCCCCN1CCCC1)[C@H]1[C@H](C(=O)NCc2cc(C(F)(F)F)ccc2Cl)[C@@H]2C=C[C@H]1C21CC1. The molecular weight excluding hydrogens is 491 g/mol. The van der Waals surface area contributed by atoms with E-state index in [0.717, 1.165) is 57.5 Å². The summed E-state index contributed by atoms with van der Waals surface area (Å²) in [5.41, 5.74) is -0.607. The van der Waals surface area contributed by atoms with Gasteiger partial charge in [0.15, 0.2) is 0 Å². The van der Waals surface area contributed by atoms with Crippen LogP contribution >= 0.6 is 11.6 Å². The average Bonchev–Trinajstić information content (AvgIpc) is 3.19. The summed E-state index contributed by atoms with van der Waals surface area (Å²) in [7, 11) is 0. The predicted octanol–water partition coefficient (Wildman–Crippen LogP) is 4.80. The number of halogens is 4. The number of nitrogens with one attached hydrogen (secondary N) is 2. The first-order valence-electron chi connectivity index (χ1n) is 13.0. The molecule has 0 radical (unpaired) electrons. The Morgan fingerprint density at radius 1 is 1.00 bits per heavy atom. The minimum absolute atomic E-state index is 0.00634. The number of hydrogen-bond donors (Lipinski definition) is 2. The molecule has 0 aromatic heterocycles. The van der Waals surface area contributed by atoms with Gasteiger partial charge in [-0.05, 0) is 99.2 Å². The zero-order chi connectivity index (χ0) is 25.5. The molecule has 9 heteroatoms. The van der Waals surface area contributed by atoms with E-state index in [1.54, 1.807) is 0 Å². The molecule has 36 heavy (non-hydrogen) atoms. The topological polar surface area (TPSA) is 61.4 Å². The lowest BCUT2D eigenvalue weighted by Crippen LogP contribution is -2.44. The molecule has 3 fully saturated rings. The van der Waals surface area contributed by atoms with Crippen LogP contribution in [0.2, 0.25) is 5.02 Å². The minimum Gasteiger partial charge on any atom is -0.356 e. The molecule has 4 atom stereocenters. The second-order valence-corrected chi connectivity index (χ2v) is 11.2. The zero-order valence-corrected chi connectivity index (χ0v) is 21.0. The molecule has 2 bridgehead atoms. The Balaban J connectivity index is 1.21. The number of carbonyl (C=O) groups excluding carboxylic acids is 2. The van der Waals surface area contributed by atoms with Crippen molar-refractivity contribution in [3.63, 3.8) is 0 Å². The highest BCUT2D eigenvalue weighted by Crippen LogP contribution is 2.72. The highest BCUT2D eigenvalue weighted by molar-refractivity contribution is 6.31. The van der Waals surface area contributed by atoms with Crippen LogP contribution in [0.3, 0.4) is 0 Å². The summed E-state index contributed by atoms with van der Waals surface area (Å²) in [6, 6.07) is 3.10. The molecule has 4 aliphatic rings. The van der Waals surface area contributed by atoms with Gasteiger partial charge in [0.25, 0.3) is 0 Å². The van der Waals surface area contributed by atoms with Crippen molar-refractivity contribution in [3.8, 4) is 0 Å². The normalized spacial score (nSPS) is 28.1. The Morgan fingerprint density at radius 3 is 2.25 bits per heavy atom. The van der Waals surface area contributed by atoms with Gasteiger partial charge in [0.1, 0.15) is 0 Å². The van der Waals surface area contributed by atoms with E-state index in [-0.39, 0.29) is 46.2 Å². The molecule has 1 aromatic rings. The van der Waals surface area contributed by atoms with Crippen LogP contribution in [0, 0.1) is 29.1 Å². The summed E-state index contributed by atoms with van der Waals surface area (Å²) in [6.45, 7) is 3.85. The molecule has 3 aliphatic carbocycles. The van der Waals surface area contributed by atoms with Gasteiger partial charge in [0, 0.05) is 18.1 Å². The van der Waals surface area contributed by atoms with Gasteiger partial charge in [-0.3, -0.25) is 9.59 Å². The standard InChI is InChI=1S/C27H33ClF3N3O2/c28-21-8-5-18(27(29,30)31)15-17(21)16-33-25(36)23-20-7-6-19(26(20)9-10-26)22(23)24(35)32-11-1-2-12-34-13-3-4-14-34/h5-8,15,19-20,22-23H,1-4,9-14,16H2,(H,32,35)(H,33,36)/t19-,20+,22-,23-/m1/s1. The molecule has 2 N–H and O–H groups in total. The van der Waals surface area contributed by atoms with Crippen molar-refractivity contribution in [2.24, 2.45) is 29.1 Å². The Morgan fingerprint density at radius 2 is 1.64 bits per heavy atom. The lowest BCUT2D eigenvalue weighted by atomic mass is 9.81. The second kappa shape index (κ2) is 10.0. The number of carbonyl (C=O) groups is 2. The Bertz CT molecular complexity index is 1030. The van der Waals surface area contributed by atoms with E-state index < -0.39 is 23.6 Å². The van der Waals surface area contributed by atoms with Gasteiger partial charge in [0.2, 0.25) is 11.8 Å². The van der Waals surface area contributed by atoms with Gasteiger partial charge < -0.3 is 15.5 Å². The van der Waals surface area contributed by atoms with Crippen LogP contribution in [0.4, 0.5) is 13.2 Å². The molecule has 1 saturated heterocycles. The molecule has 0 unspecified atom stereocenters. The van der Waals surface area contributed by atoms with Crippen LogP contribution < -0.4 is 10.6 Å². The predicted molar refractivity (Wildman–Crippen MR) is 131 cm³/mol. The first kappa shape index (κ1) is 25.6. The van der Waals surface area contributed by atoms with Crippen molar-refractivity contribution < 1.29 is 22.8 Å². The summed E-state index contributed by atoms with van der Waals surface area (Å²) in [5.74, 6) is -1.31. The molecule has 1 aromatic carbocycles. The highest BCUT2D eigenvalue weighted by Gasteiger charge is 2.69. The van der Waals surface area contributed by atoms with Crippen LogP contribution in [-0.2, 0) is 22.3 Å². The fraction of sp³-hybridized carbons (Fsp3) is 0.630. The van der Waals surface area contributed by atoms with Gasteiger partial charge in [-0.2, -0.15) is 13.2 Å². The summed E-state index contributed by atoms with van der Waals surface area (Å²) in [4.78, 5) is 29.1. The van der Waals surface area contributed by atoms with Crippen molar-refractivity contribution in [2.45, 2.75) is 51.2 Å². The quantitative estimate of drug-likeness (QED) is 0.361. The maximum atomic E-state index is 13.4. The van der Waals surface area contributed by atoms with Crippen LogP contribution in [0.15, 0.2) is 30.4 Å². The van der Waals surface area contributed by atoms with Gasteiger partial charge in [-0.15, -0.1) is 0 Å². The van der Waals surface area contributed by atoms with E-state index in [9.17, 15) is 22.8 Å². The average molecular weight is 524 g/mol. The van der Waals surface area contributed by atoms with Gasteiger partial charge in [-0.25, -0.2) is 0 Å². The molecule has 5 rings (SSSR count). The number of benzene rings is 1. The van der Waals surface area contributed by atoms with Gasteiger partial charge in [0.05, 0.1) is 17.4 Å². The summed E-state index contributed by atoms with van der Waals surface area (Å²) in [6.07, 6.45) is 6.13. The maximum absolute atomic E-state index is 13.4. The molecular formula is C27H33ClF3N3O2. The van der Waals surface area contributed by atoms with E-state index in [0.29, 0.717) is 6.54 Å². The summed E-state index contributed by atoms with van der Waals surface area (Å²) in [5, 5.41) is 6.03. The largest absolute Gasteiger partial charge is 0.416 e. The van der Waals surface area contributed by atoms with E-state index in [1.807, 2.05) is 0 Å². The van der Waals surface area contributed by atoms with E-state index in [2.05, 4.69) is 27.7 Å². The molecule has 2 amide bonds. The first-order valence-corrected chi connectivity index (χ1v) is 13.4. The molecule has 2 saturated carbocycles. The zero-order valence-electron chi connectivity index (χ0n) is 20.2. The number of likely N-dealkylation sites (tertiary alicyclic amines) is 1. The number of rotatable bonds is 9. The third-order valence-electron chi connectivity index (χ3n) is 8.67. The first-order chi connectivity index (χ1) is 17.2. The second-order valence-electron chi connectivity index (χ2n) is 10.8. The number of alkyl halides is 3. The fourth-order valence-electron chi connectivity index (χ4n) is 6.69. The van der Waals surface area contributed by atoms with Crippen LogP contribution in [-0.4, -0.2) is 42.9 Å². The maximum Gasteiger partial charge on any atom is 0.416 e. The van der Waals surface area contributed by atoms with Crippen LogP contribution in [0.5, 0.6) is 0 Å². The molecule has 1 spiro atoms. The Hall–Kier alpha value is -2.06. The molecule has 1 aliphatic heterocycles. The fourth-order valence-corrected chi connectivity index (χ4v) is 6.88. The number of allylic oxidation sites excluding steroid dienone is 2. The Labute approximate surface area is 214 Å². The van der Waals surface area contributed by atoms with Crippen LogP contribution in [0.25, 0.3) is 0 Å². The lowest BCUT2D eigenvalue weighted by Gasteiger charge is -2.26. The smallest absolute Gasteiger partial charge is 0.356 e. The summed E-state index contributed by atoms with van der Waals surface area (Å²) < 4.78 is 39.4. The lowest BCUT2D eigenvalue weighted by molar-refractivity contribution is -0.137. The molecule has 1 heterocycles. The van der Waals surface area contributed by atoms with Crippen molar-refractivity contribution >= 4 is 23.4 Å². The van der Waals surface area contributed by atoms with E-state index in [1.165, 1.54) is 18.9 Å². The van der Waals surface area contributed by atoms with Crippen LogP contribution in [0.1, 0.15) is 49.7 Å². The molecule has 5 nitrogen and oxygen atoms in total. The van der Waals surface area contributed by atoms with Gasteiger partial charge in [-0.1, -0.05) is 23.8 Å². The third kappa shape index (κ3) is 4.91. The summed E-state index contributed by atoms with van der Waals surface area (Å²) >= 11 is 6.11. The number of nitrogens with zero attached hydrogens (tertiary/aromatic N) is 1. The number of unbranched alkanes of at least 4 members (excludes halogenated alkanes) is 1. The molecule has 196 valence electrons. The number of amides is 2. The third-order valence-corrected chi connectivity index (χ3v) is 9.04. The van der Waals surface area contributed by atoms with Crippen molar-refractivity contribution in [3.05, 3.63) is 46.5 Å². The number of hydrogen-bond acceptors (Lipinski definition) is 3.